The molecule has 1 spiro atoms. The molecule has 42 heavy (non-hydrogen) atoms. The van der Waals surface area contributed by atoms with Gasteiger partial charge in [-0.1, -0.05) is 6.07 Å². The maximum atomic E-state index is 14.4. The van der Waals surface area contributed by atoms with Crippen molar-refractivity contribution in [3.8, 4) is 6.01 Å². The fraction of sp³-hybridized carbons (Fsp3) is 0.667. The number of fused-ring (bicyclic) bond motifs is 4. The van der Waals surface area contributed by atoms with E-state index in [1.807, 2.05) is 0 Å². The van der Waals surface area contributed by atoms with Crippen molar-refractivity contribution in [2.24, 2.45) is 0 Å². The molecule has 4 aliphatic heterocycles. The lowest BCUT2D eigenvalue weighted by Gasteiger charge is -2.45. The van der Waals surface area contributed by atoms with Gasteiger partial charge in [-0.15, -0.1) is 0 Å². The van der Waals surface area contributed by atoms with Crippen molar-refractivity contribution in [3.63, 3.8) is 0 Å². The summed E-state index contributed by atoms with van der Waals surface area (Å²) in [6, 6.07) is 4.86. The summed E-state index contributed by atoms with van der Waals surface area (Å²) in [5, 5.41) is 0. The summed E-state index contributed by atoms with van der Waals surface area (Å²) in [6.45, 7) is 4.33. The zero-order chi connectivity index (χ0) is 29.1. The Hall–Kier alpha value is -2.70. The molecular formula is C30H37F4N5O3. The molecule has 0 saturated carbocycles. The van der Waals surface area contributed by atoms with Gasteiger partial charge >= 0.3 is 12.2 Å². The van der Waals surface area contributed by atoms with E-state index in [4.69, 9.17) is 29.9 Å². The molecule has 2 N–H and O–H groups in total. The number of ether oxygens (including phenoxy) is 3. The normalized spacial score (nSPS) is 31.5. The monoisotopic (exact) mass is 591 g/mol. The molecule has 0 bridgehead atoms. The van der Waals surface area contributed by atoms with Crippen molar-refractivity contribution >= 4 is 11.5 Å². The van der Waals surface area contributed by atoms with E-state index in [0.717, 1.165) is 37.9 Å². The molecule has 5 aliphatic rings. The maximum absolute atomic E-state index is 14.4. The quantitative estimate of drug-likeness (QED) is 0.407. The van der Waals surface area contributed by atoms with Crippen LogP contribution in [0.1, 0.15) is 66.8 Å². The van der Waals surface area contributed by atoms with Crippen molar-refractivity contribution in [3.05, 3.63) is 40.6 Å². The molecule has 2 aromatic rings. The summed E-state index contributed by atoms with van der Waals surface area (Å²) in [4.78, 5) is 14.1. The molecule has 1 aromatic heterocycles. The third kappa shape index (κ3) is 4.89. The molecule has 1 aliphatic carbocycles. The van der Waals surface area contributed by atoms with Gasteiger partial charge in [0, 0.05) is 50.3 Å². The van der Waals surface area contributed by atoms with Crippen LogP contribution in [0.4, 0.5) is 29.1 Å². The number of anilines is 2. The Morgan fingerprint density at radius 2 is 1.98 bits per heavy atom. The number of alkyl halides is 4. The van der Waals surface area contributed by atoms with Crippen molar-refractivity contribution in [2.75, 3.05) is 56.6 Å². The molecule has 12 heteroatoms. The van der Waals surface area contributed by atoms with Gasteiger partial charge in [-0.05, 0) is 61.9 Å². The van der Waals surface area contributed by atoms with Crippen molar-refractivity contribution in [1.82, 2.24) is 14.9 Å². The second kappa shape index (κ2) is 10.5. The van der Waals surface area contributed by atoms with Crippen molar-refractivity contribution < 1.29 is 31.8 Å². The summed E-state index contributed by atoms with van der Waals surface area (Å²) in [5.74, 6) is -0.859. The Kier molecular flexibility index (Phi) is 7.01. The first-order valence-corrected chi connectivity index (χ1v) is 15.0. The average molecular weight is 592 g/mol. The molecule has 4 atom stereocenters. The van der Waals surface area contributed by atoms with Crippen LogP contribution in [0.25, 0.3) is 0 Å². The van der Waals surface area contributed by atoms with Gasteiger partial charge in [0.2, 0.25) is 0 Å². The first-order valence-electron chi connectivity index (χ1n) is 15.0. The first kappa shape index (κ1) is 28.1. The van der Waals surface area contributed by atoms with Gasteiger partial charge in [0.05, 0.1) is 36.0 Å². The second-order valence-corrected chi connectivity index (χ2v) is 12.5. The molecule has 3 fully saturated rings. The first-order chi connectivity index (χ1) is 20.2. The summed E-state index contributed by atoms with van der Waals surface area (Å²) in [5.41, 5.74) is 7.38. The number of halogens is 4. The third-order valence-corrected chi connectivity index (χ3v) is 9.92. The fourth-order valence-electron chi connectivity index (χ4n) is 7.87. The molecular weight excluding hydrogens is 554 g/mol. The van der Waals surface area contributed by atoms with E-state index in [1.54, 1.807) is 6.07 Å². The minimum absolute atomic E-state index is 0.0801. The van der Waals surface area contributed by atoms with Gasteiger partial charge in [0.1, 0.15) is 18.6 Å². The maximum Gasteiger partial charge on any atom is 0.395 e. The van der Waals surface area contributed by atoms with Crippen LogP contribution in [0.2, 0.25) is 0 Å². The molecule has 3 saturated heterocycles. The molecule has 7 rings (SSSR count). The number of aromatic nitrogens is 2. The second-order valence-electron chi connectivity index (χ2n) is 12.5. The number of nitrogens with zero attached hydrogens (tertiary/aromatic N) is 4. The van der Waals surface area contributed by atoms with Crippen molar-refractivity contribution in [2.45, 2.75) is 81.0 Å². The van der Waals surface area contributed by atoms with Crippen LogP contribution >= 0.6 is 0 Å². The van der Waals surface area contributed by atoms with Crippen LogP contribution < -0.4 is 15.4 Å². The standard InChI is InChI=1S/C30H37F4N5O3/c31-19-14-28(6-1-9-39(28)16-19)18-41-27-36-25-15-29(42-17-22(25)26(37-27)38-8-2-11-40-12-10-38)7-5-23(30(32,33)34)21-4-3-20(35)13-24(21)29/h3-4,13,19,23H,1-2,5-12,14-18,35H2/t19-,23?,28?,29?/m1/s1. The summed E-state index contributed by atoms with van der Waals surface area (Å²) in [6.07, 6.45) is -1.71. The van der Waals surface area contributed by atoms with Gasteiger partial charge in [-0.25, -0.2) is 4.39 Å². The number of hydrogen-bond acceptors (Lipinski definition) is 8. The van der Waals surface area contributed by atoms with Gasteiger partial charge in [-0.3, -0.25) is 4.90 Å². The van der Waals surface area contributed by atoms with Crippen LogP contribution in [0.15, 0.2) is 18.2 Å². The molecule has 5 heterocycles. The lowest BCUT2D eigenvalue weighted by Crippen LogP contribution is -2.44. The van der Waals surface area contributed by atoms with Gasteiger partial charge < -0.3 is 24.8 Å². The predicted molar refractivity (Wildman–Crippen MR) is 147 cm³/mol. The smallest absolute Gasteiger partial charge is 0.395 e. The highest BCUT2D eigenvalue weighted by Crippen LogP contribution is 2.53. The lowest BCUT2D eigenvalue weighted by atomic mass is 9.70. The van der Waals surface area contributed by atoms with Gasteiger partial charge in [0.25, 0.3) is 0 Å². The number of nitrogens with two attached hydrogens (primary N) is 1. The van der Waals surface area contributed by atoms with E-state index in [-0.39, 0.29) is 43.0 Å². The summed E-state index contributed by atoms with van der Waals surface area (Å²) in [7, 11) is 0. The van der Waals surface area contributed by atoms with E-state index < -0.39 is 23.9 Å². The molecule has 1 aromatic carbocycles. The summed E-state index contributed by atoms with van der Waals surface area (Å²) >= 11 is 0. The lowest BCUT2D eigenvalue weighted by molar-refractivity contribution is -0.164. The third-order valence-electron chi connectivity index (χ3n) is 9.92. The van der Waals surface area contributed by atoms with E-state index in [1.165, 1.54) is 12.1 Å². The fourth-order valence-corrected chi connectivity index (χ4v) is 7.87. The number of benzene rings is 1. The molecule has 0 amide bonds. The average Bonchev–Trinajstić information content (AvgIpc) is 3.33. The number of nitrogen functional groups attached to an aromatic ring is 1. The summed E-state index contributed by atoms with van der Waals surface area (Å²) < 4.78 is 75.0. The van der Waals surface area contributed by atoms with E-state index in [2.05, 4.69) is 9.80 Å². The minimum atomic E-state index is -4.36. The van der Waals surface area contributed by atoms with Crippen LogP contribution in [0.5, 0.6) is 6.01 Å². The Bertz CT molecular complexity index is 1340. The SMILES string of the molecule is Nc1ccc2c(c1)C1(CCC2C(F)(F)F)Cc2nc(OCC34CCCN3C[C@H](F)C4)nc(N3CCCOCC3)c2CO1. The zero-order valence-corrected chi connectivity index (χ0v) is 23.6. The number of hydrogen-bond donors (Lipinski definition) is 1. The highest BCUT2D eigenvalue weighted by Gasteiger charge is 2.52. The Labute approximate surface area is 242 Å². The van der Waals surface area contributed by atoms with Gasteiger partial charge in [-0.2, -0.15) is 23.1 Å². The Morgan fingerprint density at radius 1 is 1.10 bits per heavy atom. The highest BCUT2D eigenvalue weighted by molar-refractivity contribution is 5.54. The Balaban J connectivity index is 1.25. The largest absolute Gasteiger partial charge is 0.461 e. The molecule has 0 radical (unpaired) electrons. The minimum Gasteiger partial charge on any atom is -0.461 e. The number of rotatable bonds is 4. The van der Waals surface area contributed by atoms with E-state index >= 15 is 0 Å². The van der Waals surface area contributed by atoms with Crippen LogP contribution in [0, 0.1) is 0 Å². The Morgan fingerprint density at radius 3 is 2.83 bits per heavy atom. The molecule has 228 valence electrons. The predicted octanol–water partition coefficient (Wildman–Crippen LogP) is 4.65. The van der Waals surface area contributed by atoms with Crippen LogP contribution in [-0.4, -0.2) is 78.8 Å². The molecule has 3 unspecified atom stereocenters. The van der Waals surface area contributed by atoms with Crippen molar-refractivity contribution in [1.29, 1.82) is 0 Å². The van der Waals surface area contributed by atoms with E-state index in [9.17, 15) is 17.6 Å². The molecule has 8 nitrogen and oxygen atoms in total. The van der Waals surface area contributed by atoms with Gasteiger partial charge in [0.15, 0.2) is 0 Å². The highest BCUT2D eigenvalue weighted by atomic mass is 19.4. The topological polar surface area (TPSA) is 86.0 Å². The van der Waals surface area contributed by atoms with Crippen LogP contribution in [0.3, 0.4) is 0 Å². The zero-order valence-electron chi connectivity index (χ0n) is 23.6. The van der Waals surface area contributed by atoms with E-state index in [0.29, 0.717) is 62.1 Å². The van der Waals surface area contributed by atoms with Crippen LogP contribution in [-0.2, 0) is 28.1 Å².